The third-order valence-corrected chi connectivity index (χ3v) is 1.74. The van der Waals surface area contributed by atoms with Crippen LogP contribution in [0.25, 0.3) is 0 Å². The molecule has 0 aliphatic carbocycles. The van der Waals surface area contributed by atoms with Crippen molar-refractivity contribution in [3.8, 4) is 0 Å². The summed E-state index contributed by atoms with van der Waals surface area (Å²) in [6.45, 7) is 6.06. The molecule has 0 aromatic heterocycles. The second-order valence-electron chi connectivity index (χ2n) is 2.36. The van der Waals surface area contributed by atoms with Crippen molar-refractivity contribution >= 4 is 12.6 Å². The van der Waals surface area contributed by atoms with Gasteiger partial charge in [0.2, 0.25) is 0 Å². The molecule has 0 aromatic rings. The third-order valence-electron chi connectivity index (χ3n) is 1.31. The van der Waals surface area contributed by atoms with Crippen LogP contribution in [0.15, 0.2) is 22.0 Å². The predicted octanol–water partition coefficient (Wildman–Crippen LogP) is 2.47. The smallest absolute Gasteiger partial charge is 0.164 e. The first kappa shape index (κ1) is 6.75. The van der Waals surface area contributed by atoms with Crippen LogP contribution >= 0.6 is 12.6 Å². The molecule has 0 spiro atoms. The minimum absolute atomic E-state index is 0.756. The zero-order valence-electron chi connectivity index (χ0n) is 5.86. The molecule has 0 N–H and O–H groups in total. The second kappa shape index (κ2) is 2.10. The Morgan fingerprint density at radius 2 is 2.00 bits per heavy atom. The van der Waals surface area contributed by atoms with Crippen LogP contribution in [0.1, 0.15) is 20.8 Å². The van der Waals surface area contributed by atoms with Crippen LogP contribution < -0.4 is 0 Å². The first-order chi connectivity index (χ1) is 4.13. The van der Waals surface area contributed by atoms with Gasteiger partial charge in [-0.2, -0.15) is 0 Å². The quantitative estimate of drug-likeness (QED) is 0.511. The molecule has 1 aliphatic heterocycles. The molecule has 9 heavy (non-hydrogen) atoms. The minimum atomic E-state index is 0.756. The molecule has 0 fully saturated rings. The number of hydrogen-bond acceptors (Lipinski definition) is 2. The molecule has 1 aliphatic rings. The molecule has 0 amide bonds. The van der Waals surface area contributed by atoms with Gasteiger partial charge in [-0.3, -0.25) is 0 Å². The molecule has 1 nitrogen and oxygen atoms in total. The number of rotatable bonds is 0. The summed E-state index contributed by atoms with van der Waals surface area (Å²) in [5.41, 5.74) is 2.38. The van der Waals surface area contributed by atoms with Crippen molar-refractivity contribution in [1.29, 1.82) is 0 Å². The van der Waals surface area contributed by atoms with Crippen molar-refractivity contribution in [2.45, 2.75) is 20.8 Å². The van der Waals surface area contributed by atoms with E-state index in [1.165, 1.54) is 11.1 Å². The maximum atomic E-state index is 5.14. The highest BCUT2D eigenvalue weighted by Gasteiger charge is 2.19. The Hall–Kier alpha value is -0.370. The van der Waals surface area contributed by atoms with E-state index in [9.17, 15) is 0 Å². The fourth-order valence-electron chi connectivity index (χ4n) is 0.778. The van der Waals surface area contributed by atoms with Crippen LogP contribution in [-0.4, -0.2) is 0 Å². The van der Waals surface area contributed by atoms with Crippen molar-refractivity contribution in [3.05, 3.63) is 22.0 Å². The topological polar surface area (TPSA) is 9.23 Å². The van der Waals surface area contributed by atoms with Crippen molar-refractivity contribution < 1.29 is 4.74 Å². The maximum absolute atomic E-state index is 5.14. The van der Waals surface area contributed by atoms with E-state index in [1.54, 1.807) is 0 Å². The molecular formula is C7H10OS. The van der Waals surface area contributed by atoms with Gasteiger partial charge >= 0.3 is 0 Å². The molecule has 1 heterocycles. The number of ether oxygens (including phenoxy) is 1. The molecule has 0 aromatic carbocycles. The van der Waals surface area contributed by atoms with Crippen molar-refractivity contribution in [2.24, 2.45) is 0 Å². The van der Waals surface area contributed by atoms with Crippen LogP contribution in [0.3, 0.4) is 0 Å². The third kappa shape index (κ3) is 0.990. The van der Waals surface area contributed by atoms with E-state index >= 15 is 0 Å². The Bertz CT molecular complexity index is 197. The molecule has 1 rings (SSSR count). The van der Waals surface area contributed by atoms with Gasteiger partial charge < -0.3 is 4.74 Å². The van der Waals surface area contributed by atoms with Gasteiger partial charge in [-0.05, 0) is 26.3 Å². The Labute approximate surface area is 60.8 Å². The van der Waals surface area contributed by atoms with Crippen molar-refractivity contribution in [3.63, 3.8) is 0 Å². The first-order valence-corrected chi connectivity index (χ1v) is 3.33. The standard InChI is InChI=1S/C7H10OS/c1-4(2)6-5(3)7(9)8-6/h9H,1-3H3. The Morgan fingerprint density at radius 1 is 1.44 bits per heavy atom. The van der Waals surface area contributed by atoms with Gasteiger partial charge in [-0.25, -0.2) is 0 Å². The zero-order chi connectivity index (χ0) is 7.02. The highest BCUT2D eigenvalue weighted by atomic mass is 32.1. The normalized spacial score (nSPS) is 17.1. The van der Waals surface area contributed by atoms with E-state index < -0.39 is 0 Å². The summed E-state index contributed by atoms with van der Waals surface area (Å²) in [5, 5.41) is 0.756. The molecule has 0 bridgehead atoms. The Morgan fingerprint density at radius 3 is 2.11 bits per heavy atom. The van der Waals surface area contributed by atoms with E-state index in [1.807, 2.05) is 20.8 Å². The van der Waals surface area contributed by atoms with Gasteiger partial charge in [0.1, 0.15) is 5.76 Å². The summed E-state index contributed by atoms with van der Waals surface area (Å²) in [4.78, 5) is 0. The van der Waals surface area contributed by atoms with Crippen molar-refractivity contribution in [1.82, 2.24) is 0 Å². The van der Waals surface area contributed by atoms with E-state index in [4.69, 9.17) is 4.74 Å². The van der Waals surface area contributed by atoms with Crippen LogP contribution in [0.4, 0.5) is 0 Å². The molecule has 0 saturated carbocycles. The fraction of sp³-hybridized carbons (Fsp3) is 0.429. The fourth-order valence-corrected chi connectivity index (χ4v) is 0.970. The molecule has 50 valence electrons. The lowest BCUT2D eigenvalue weighted by molar-refractivity contribution is 0.291. The van der Waals surface area contributed by atoms with E-state index in [0.29, 0.717) is 0 Å². The average molecular weight is 142 g/mol. The lowest BCUT2D eigenvalue weighted by Gasteiger charge is -2.22. The van der Waals surface area contributed by atoms with E-state index in [2.05, 4.69) is 12.6 Å². The number of thiol groups is 1. The molecule has 0 radical (unpaired) electrons. The van der Waals surface area contributed by atoms with Gasteiger partial charge in [0.05, 0.1) is 0 Å². The Kier molecular flexibility index (Phi) is 1.58. The molecule has 0 unspecified atom stereocenters. The summed E-state index contributed by atoms with van der Waals surface area (Å²) in [5.74, 6) is 1.00. The summed E-state index contributed by atoms with van der Waals surface area (Å²) in [6, 6.07) is 0. The molecular weight excluding hydrogens is 132 g/mol. The van der Waals surface area contributed by atoms with E-state index in [0.717, 1.165) is 10.9 Å². The highest BCUT2D eigenvalue weighted by Crippen LogP contribution is 2.34. The van der Waals surface area contributed by atoms with Gasteiger partial charge in [-0.1, -0.05) is 0 Å². The van der Waals surface area contributed by atoms with Crippen molar-refractivity contribution in [2.75, 3.05) is 0 Å². The predicted molar refractivity (Wildman–Crippen MR) is 41.1 cm³/mol. The van der Waals surface area contributed by atoms with Crippen LogP contribution in [0.2, 0.25) is 0 Å². The lowest BCUT2D eigenvalue weighted by atomic mass is 10.1. The molecule has 0 saturated heterocycles. The second-order valence-corrected chi connectivity index (χ2v) is 2.77. The summed E-state index contributed by atoms with van der Waals surface area (Å²) in [6.07, 6.45) is 0. The summed E-state index contributed by atoms with van der Waals surface area (Å²) >= 11 is 4.06. The molecule has 2 heteroatoms. The monoisotopic (exact) mass is 142 g/mol. The Balaban J connectivity index is 2.90. The van der Waals surface area contributed by atoms with Gasteiger partial charge in [0, 0.05) is 5.57 Å². The largest absolute Gasteiger partial charge is 0.450 e. The highest BCUT2D eigenvalue weighted by molar-refractivity contribution is 7.84. The van der Waals surface area contributed by atoms with Gasteiger partial charge in [-0.15, -0.1) is 12.6 Å². The minimum Gasteiger partial charge on any atom is -0.450 e. The number of allylic oxidation sites excluding steroid dienone is 2. The van der Waals surface area contributed by atoms with E-state index in [-0.39, 0.29) is 0 Å². The summed E-state index contributed by atoms with van der Waals surface area (Å²) < 4.78 is 5.14. The van der Waals surface area contributed by atoms with Crippen LogP contribution in [-0.2, 0) is 4.74 Å². The maximum Gasteiger partial charge on any atom is 0.164 e. The summed E-state index contributed by atoms with van der Waals surface area (Å²) in [7, 11) is 0. The van der Waals surface area contributed by atoms with Gasteiger partial charge in [0.15, 0.2) is 5.09 Å². The molecule has 0 atom stereocenters. The first-order valence-electron chi connectivity index (χ1n) is 2.88. The average Bonchev–Trinajstić information content (AvgIpc) is 1.81. The SMILES string of the molecule is CC(C)=C1OC(S)=C1C. The number of hydrogen-bond donors (Lipinski definition) is 1. The lowest BCUT2D eigenvalue weighted by Crippen LogP contribution is -2.06. The van der Waals surface area contributed by atoms with Gasteiger partial charge in [0.25, 0.3) is 0 Å². The van der Waals surface area contributed by atoms with Crippen LogP contribution in [0, 0.1) is 0 Å². The zero-order valence-corrected chi connectivity index (χ0v) is 6.75. The van der Waals surface area contributed by atoms with Crippen LogP contribution in [0.5, 0.6) is 0 Å².